The minimum absolute atomic E-state index is 0.0556. The molecule has 8 heavy (non-hydrogen) atoms. The van der Waals surface area contributed by atoms with Crippen LogP contribution in [-0.2, 0) is 4.74 Å². The van der Waals surface area contributed by atoms with E-state index in [0.717, 1.165) is 6.42 Å². The fraction of sp³-hybridized carbons (Fsp3) is 1.00. The molecule has 2 nitrogen and oxygen atoms in total. The van der Waals surface area contributed by atoms with Crippen LogP contribution < -0.4 is 5.73 Å². The second-order valence-electron chi connectivity index (χ2n) is 1.96. The molecule has 49 valence electrons. The van der Waals surface area contributed by atoms with Crippen LogP contribution in [0.3, 0.4) is 0 Å². The van der Waals surface area contributed by atoms with Crippen LogP contribution in [0.15, 0.2) is 0 Å². The predicted octanol–water partition coefficient (Wildman–Crippen LogP) is 1.08. The predicted molar refractivity (Wildman–Crippen MR) is 33.6 cm³/mol. The highest BCUT2D eigenvalue weighted by atomic mass is 16.5. The first-order valence-electron chi connectivity index (χ1n) is 2.96. The Labute approximate surface area is 51.0 Å². The smallest absolute Gasteiger partial charge is 0.0709 e. The van der Waals surface area contributed by atoms with Gasteiger partial charge in [-0.3, -0.25) is 5.73 Å². The van der Waals surface area contributed by atoms with Gasteiger partial charge in [0, 0.05) is 13.2 Å². The third kappa shape index (κ3) is 2.28. The molecule has 0 aliphatic heterocycles. The summed E-state index contributed by atoms with van der Waals surface area (Å²) in [7, 11) is 1.64. The van der Waals surface area contributed by atoms with Gasteiger partial charge in [0.2, 0.25) is 0 Å². The molecule has 0 aromatic carbocycles. The van der Waals surface area contributed by atoms with Crippen LogP contribution in [0.25, 0.3) is 0 Å². The summed E-state index contributed by atoms with van der Waals surface area (Å²) in [6.07, 6.45) is 0.953. The van der Waals surface area contributed by atoms with E-state index in [4.69, 9.17) is 10.5 Å². The summed E-state index contributed by atoms with van der Waals surface area (Å²) in [5.74, 6) is 0. The van der Waals surface area contributed by atoms with E-state index in [2.05, 4.69) is 0 Å². The van der Waals surface area contributed by atoms with E-state index >= 15 is 0 Å². The largest absolute Gasteiger partial charge is 0.380 e. The maximum absolute atomic E-state index is 7.30. The van der Waals surface area contributed by atoms with Gasteiger partial charge in [0.1, 0.15) is 0 Å². The van der Waals surface area contributed by atoms with Crippen molar-refractivity contribution in [1.29, 1.82) is 0 Å². The molecule has 0 aliphatic carbocycles. The van der Waals surface area contributed by atoms with E-state index < -0.39 is 0 Å². The Balaban J connectivity index is 3.29. The third-order valence-corrected chi connectivity index (χ3v) is 1.38. The first-order chi connectivity index (χ1) is 3.72. The quantitative estimate of drug-likeness (QED) is 0.543. The summed E-state index contributed by atoms with van der Waals surface area (Å²) in [6.45, 7) is 3.91. The van der Waals surface area contributed by atoms with Gasteiger partial charge in [-0.05, 0) is 13.3 Å². The van der Waals surface area contributed by atoms with E-state index in [9.17, 15) is 0 Å². The number of rotatable bonds is 3. The highest BCUT2D eigenvalue weighted by molar-refractivity contribution is 4.64. The summed E-state index contributed by atoms with van der Waals surface area (Å²) < 4.78 is 4.92. The molecule has 1 N–H and O–H groups in total. The van der Waals surface area contributed by atoms with Gasteiger partial charge < -0.3 is 4.74 Å². The van der Waals surface area contributed by atoms with E-state index in [1.165, 1.54) is 0 Å². The van der Waals surface area contributed by atoms with Crippen molar-refractivity contribution in [3.8, 4) is 0 Å². The lowest BCUT2D eigenvalue weighted by atomic mass is 10.1. The first-order valence-corrected chi connectivity index (χ1v) is 2.96. The molecule has 0 spiro atoms. The van der Waals surface area contributed by atoms with E-state index in [0.29, 0.717) is 0 Å². The van der Waals surface area contributed by atoms with Gasteiger partial charge in [-0.25, -0.2) is 0 Å². The SMILES string of the molecule is CCC([NH])[C@H](C)OC. The molecule has 1 radical (unpaired) electrons. The maximum atomic E-state index is 7.30. The zero-order valence-electron chi connectivity index (χ0n) is 5.77. The molecule has 0 saturated carbocycles. The number of ether oxygens (including phenoxy) is 1. The van der Waals surface area contributed by atoms with Crippen LogP contribution in [0, 0.1) is 0 Å². The Hall–Kier alpha value is -0.0800. The molecule has 0 bridgehead atoms. The monoisotopic (exact) mass is 116 g/mol. The fourth-order valence-corrected chi connectivity index (χ4v) is 0.496. The Morgan fingerprint density at radius 2 is 2.12 bits per heavy atom. The number of hydrogen-bond donors (Lipinski definition) is 0. The molecule has 0 saturated heterocycles. The summed E-state index contributed by atoms with van der Waals surface area (Å²) in [5, 5.41) is 0. The minimum Gasteiger partial charge on any atom is -0.380 e. The maximum Gasteiger partial charge on any atom is 0.0709 e. The average molecular weight is 116 g/mol. The Kier molecular flexibility index (Phi) is 3.83. The van der Waals surface area contributed by atoms with Crippen LogP contribution in [0.1, 0.15) is 20.3 Å². The van der Waals surface area contributed by atoms with E-state index in [1.54, 1.807) is 7.11 Å². The van der Waals surface area contributed by atoms with Crippen molar-refractivity contribution in [2.24, 2.45) is 0 Å². The lowest BCUT2D eigenvalue weighted by Crippen LogP contribution is -2.25. The summed E-state index contributed by atoms with van der Waals surface area (Å²) >= 11 is 0. The third-order valence-electron chi connectivity index (χ3n) is 1.38. The highest BCUT2D eigenvalue weighted by Crippen LogP contribution is 1.98. The van der Waals surface area contributed by atoms with Gasteiger partial charge in [0.15, 0.2) is 0 Å². The van der Waals surface area contributed by atoms with Crippen LogP contribution in [0.5, 0.6) is 0 Å². The molecule has 2 atom stereocenters. The summed E-state index contributed by atoms with van der Waals surface area (Å²) in [6, 6.07) is -0.0556. The van der Waals surface area contributed by atoms with Gasteiger partial charge >= 0.3 is 0 Å². The first kappa shape index (κ1) is 7.92. The van der Waals surface area contributed by atoms with E-state index in [-0.39, 0.29) is 12.1 Å². The van der Waals surface area contributed by atoms with Crippen molar-refractivity contribution in [1.82, 2.24) is 5.73 Å². The lowest BCUT2D eigenvalue weighted by Gasteiger charge is -2.14. The van der Waals surface area contributed by atoms with Crippen LogP contribution >= 0.6 is 0 Å². The molecule has 0 amide bonds. The van der Waals surface area contributed by atoms with Crippen molar-refractivity contribution in [2.75, 3.05) is 7.11 Å². The van der Waals surface area contributed by atoms with Crippen molar-refractivity contribution in [3.05, 3.63) is 0 Å². The van der Waals surface area contributed by atoms with Crippen molar-refractivity contribution in [3.63, 3.8) is 0 Å². The van der Waals surface area contributed by atoms with Crippen molar-refractivity contribution in [2.45, 2.75) is 32.4 Å². The zero-order chi connectivity index (χ0) is 6.57. The summed E-state index contributed by atoms with van der Waals surface area (Å²) in [5.41, 5.74) is 7.30. The van der Waals surface area contributed by atoms with Crippen molar-refractivity contribution >= 4 is 0 Å². The number of nitrogens with one attached hydrogen (secondary N) is 1. The molecular formula is C6H14NO. The Morgan fingerprint density at radius 3 is 2.25 bits per heavy atom. The molecule has 1 unspecified atom stereocenters. The topological polar surface area (TPSA) is 33.0 Å². The highest BCUT2D eigenvalue weighted by Gasteiger charge is 2.07. The molecule has 0 heterocycles. The second-order valence-corrected chi connectivity index (χ2v) is 1.96. The number of hydrogen-bond acceptors (Lipinski definition) is 1. The Bertz CT molecular complexity index is 48.5. The van der Waals surface area contributed by atoms with Gasteiger partial charge in [-0.15, -0.1) is 0 Å². The standard InChI is InChI=1S/C6H14NO/c1-4-6(7)5(2)8-3/h5-7H,4H2,1-3H3/t5-,6?/m0/s1. The normalized spacial score (nSPS) is 18.0. The molecule has 0 aromatic heterocycles. The van der Waals surface area contributed by atoms with Gasteiger partial charge in [-0.2, -0.15) is 0 Å². The number of methoxy groups -OCH3 is 1. The van der Waals surface area contributed by atoms with Gasteiger partial charge in [0.25, 0.3) is 0 Å². The summed E-state index contributed by atoms with van der Waals surface area (Å²) in [4.78, 5) is 0. The van der Waals surface area contributed by atoms with Gasteiger partial charge in [-0.1, -0.05) is 6.92 Å². The second kappa shape index (κ2) is 3.87. The van der Waals surface area contributed by atoms with Crippen molar-refractivity contribution < 1.29 is 4.74 Å². The van der Waals surface area contributed by atoms with Crippen LogP contribution in [0.2, 0.25) is 0 Å². The van der Waals surface area contributed by atoms with Crippen LogP contribution in [-0.4, -0.2) is 19.3 Å². The fourth-order valence-electron chi connectivity index (χ4n) is 0.496. The average Bonchev–Trinajstić information content (AvgIpc) is 1.84. The molecule has 0 rings (SSSR count). The zero-order valence-corrected chi connectivity index (χ0v) is 5.77. The molecule has 0 aromatic rings. The van der Waals surface area contributed by atoms with Gasteiger partial charge in [0.05, 0.1) is 6.10 Å². The molecule has 0 aliphatic rings. The van der Waals surface area contributed by atoms with Crippen LogP contribution in [0.4, 0.5) is 0 Å². The molecule has 2 heteroatoms. The van der Waals surface area contributed by atoms with E-state index in [1.807, 2.05) is 13.8 Å². The Morgan fingerprint density at radius 1 is 1.62 bits per heavy atom. The lowest BCUT2D eigenvalue weighted by molar-refractivity contribution is 0.0922. The minimum atomic E-state index is -0.0556. The molecular weight excluding hydrogens is 102 g/mol. The molecule has 0 fully saturated rings.